The monoisotopic (exact) mass is 334 g/mol. The van der Waals surface area contributed by atoms with Crippen molar-refractivity contribution in [1.29, 1.82) is 0 Å². The molecule has 0 atom stereocenters. The van der Waals surface area contributed by atoms with E-state index in [0.717, 1.165) is 28.0 Å². The highest BCUT2D eigenvalue weighted by Gasteiger charge is 2.36. The normalized spacial score (nSPS) is 16.3. The van der Waals surface area contributed by atoms with Gasteiger partial charge in [-0.25, -0.2) is 9.69 Å². The number of anilines is 1. The van der Waals surface area contributed by atoms with Gasteiger partial charge < -0.3 is 0 Å². The fraction of sp³-hybridized carbons (Fsp3) is 0.150. The summed E-state index contributed by atoms with van der Waals surface area (Å²) in [6.45, 7) is 3.92. The summed E-state index contributed by atoms with van der Waals surface area (Å²) in [4.78, 5) is 38.1. The van der Waals surface area contributed by atoms with E-state index in [1.54, 1.807) is 12.1 Å². The van der Waals surface area contributed by atoms with Crippen molar-refractivity contribution in [2.24, 2.45) is 0 Å². The SMILES string of the molecule is CCc1ccc(N2C(=O)NC(=O)/C(=C/c3ccccc3C)C2=O)cc1. The van der Waals surface area contributed by atoms with Crippen LogP contribution in [0.5, 0.6) is 0 Å². The predicted molar refractivity (Wildman–Crippen MR) is 96.0 cm³/mol. The molecule has 0 spiro atoms. The highest BCUT2D eigenvalue weighted by atomic mass is 16.2. The maximum atomic E-state index is 12.8. The maximum Gasteiger partial charge on any atom is 0.335 e. The molecule has 4 amide bonds. The number of imide groups is 2. The van der Waals surface area contributed by atoms with E-state index >= 15 is 0 Å². The Bertz CT molecular complexity index is 882. The summed E-state index contributed by atoms with van der Waals surface area (Å²) in [7, 11) is 0. The smallest absolute Gasteiger partial charge is 0.273 e. The highest BCUT2D eigenvalue weighted by molar-refractivity contribution is 6.39. The van der Waals surface area contributed by atoms with Crippen molar-refractivity contribution in [1.82, 2.24) is 5.32 Å². The van der Waals surface area contributed by atoms with Crippen LogP contribution < -0.4 is 10.2 Å². The van der Waals surface area contributed by atoms with Gasteiger partial charge >= 0.3 is 6.03 Å². The number of barbiturate groups is 1. The number of amides is 4. The van der Waals surface area contributed by atoms with Gasteiger partial charge in [-0.05, 0) is 48.2 Å². The molecular weight excluding hydrogens is 316 g/mol. The van der Waals surface area contributed by atoms with Crippen LogP contribution in [0.2, 0.25) is 0 Å². The first-order valence-electron chi connectivity index (χ1n) is 8.07. The van der Waals surface area contributed by atoms with Gasteiger partial charge in [0.25, 0.3) is 11.8 Å². The van der Waals surface area contributed by atoms with Crippen LogP contribution in [0.3, 0.4) is 0 Å². The van der Waals surface area contributed by atoms with Crippen molar-refractivity contribution in [3.63, 3.8) is 0 Å². The fourth-order valence-electron chi connectivity index (χ4n) is 2.68. The second-order valence-corrected chi connectivity index (χ2v) is 5.83. The standard InChI is InChI=1S/C20H18N2O3/c1-3-14-8-10-16(11-9-14)22-19(24)17(18(23)21-20(22)25)12-15-7-5-4-6-13(15)2/h4-12H,3H2,1-2H3,(H,21,23,25)/b17-12-. The van der Waals surface area contributed by atoms with Crippen LogP contribution in [0.4, 0.5) is 10.5 Å². The van der Waals surface area contributed by atoms with Crippen LogP contribution in [-0.2, 0) is 16.0 Å². The summed E-state index contributed by atoms with van der Waals surface area (Å²) in [6, 6.07) is 13.8. The first-order chi connectivity index (χ1) is 12.0. The number of carbonyl (C=O) groups is 3. The van der Waals surface area contributed by atoms with Gasteiger partial charge in [-0.3, -0.25) is 14.9 Å². The van der Waals surface area contributed by atoms with Crippen molar-refractivity contribution in [2.45, 2.75) is 20.3 Å². The molecule has 2 aromatic carbocycles. The van der Waals surface area contributed by atoms with Crippen LogP contribution in [0.1, 0.15) is 23.6 Å². The molecule has 0 unspecified atom stereocenters. The maximum absolute atomic E-state index is 12.8. The van der Waals surface area contributed by atoms with Crippen molar-refractivity contribution < 1.29 is 14.4 Å². The molecule has 0 aliphatic carbocycles. The fourth-order valence-corrected chi connectivity index (χ4v) is 2.68. The molecule has 5 nitrogen and oxygen atoms in total. The molecular formula is C20H18N2O3. The molecule has 0 saturated carbocycles. The molecule has 1 fully saturated rings. The lowest BCUT2D eigenvalue weighted by Crippen LogP contribution is -2.54. The van der Waals surface area contributed by atoms with E-state index in [9.17, 15) is 14.4 Å². The number of nitrogens with one attached hydrogen (secondary N) is 1. The van der Waals surface area contributed by atoms with Crippen molar-refractivity contribution in [2.75, 3.05) is 4.90 Å². The summed E-state index contributed by atoms with van der Waals surface area (Å²) in [5.74, 6) is -1.30. The molecule has 1 saturated heterocycles. The van der Waals surface area contributed by atoms with E-state index in [4.69, 9.17) is 0 Å². The second-order valence-electron chi connectivity index (χ2n) is 5.83. The molecule has 0 bridgehead atoms. The average Bonchev–Trinajstić information content (AvgIpc) is 2.60. The summed E-state index contributed by atoms with van der Waals surface area (Å²) in [6.07, 6.45) is 2.38. The number of nitrogens with zero attached hydrogens (tertiary/aromatic N) is 1. The van der Waals surface area contributed by atoms with Gasteiger partial charge in [0.05, 0.1) is 5.69 Å². The Labute approximate surface area is 146 Å². The van der Waals surface area contributed by atoms with Gasteiger partial charge in [-0.1, -0.05) is 43.3 Å². The summed E-state index contributed by atoms with van der Waals surface area (Å²) in [5.41, 5.74) is 3.17. The van der Waals surface area contributed by atoms with Gasteiger partial charge in [-0.15, -0.1) is 0 Å². The molecule has 3 rings (SSSR count). The highest BCUT2D eigenvalue weighted by Crippen LogP contribution is 2.23. The largest absolute Gasteiger partial charge is 0.335 e. The number of hydrogen-bond acceptors (Lipinski definition) is 3. The molecule has 1 aliphatic rings. The summed E-state index contributed by atoms with van der Waals surface area (Å²) >= 11 is 0. The Morgan fingerprint density at radius 2 is 1.68 bits per heavy atom. The van der Waals surface area contributed by atoms with E-state index in [1.165, 1.54) is 6.08 Å². The number of aryl methyl sites for hydroxylation is 2. The quantitative estimate of drug-likeness (QED) is 0.692. The van der Waals surface area contributed by atoms with Crippen LogP contribution in [-0.4, -0.2) is 17.8 Å². The van der Waals surface area contributed by atoms with Crippen molar-refractivity contribution in [3.8, 4) is 0 Å². The van der Waals surface area contributed by atoms with Crippen LogP contribution in [0, 0.1) is 6.92 Å². The number of rotatable bonds is 3. The zero-order chi connectivity index (χ0) is 18.0. The van der Waals surface area contributed by atoms with Crippen LogP contribution in [0.15, 0.2) is 54.1 Å². The Kier molecular flexibility index (Phi) is 4.48. The first kappa shape index (κ1) is 16.6. The minimum atomic E-state index is -0.735. The number of hydrogen-bond donors (Lipinski definition) is 1. The summed E-state index contributed by atoms with van der Waals surface area (Å²) in [5, 5.41) is 2.24. The molecule has 1 heterocycles. The zero-order valence-corrected chi connectivity index (χ0v) is 14.1. The Balaban J connectivity index is 2.01. The summed E-state index contributed by atoms with van der Waals surface area (Å²) < 4.78 is 0. The predicted octanol–water partition coefficient (Wildman–Crippen LogP) is 3.22. The zero-order valence-electron chi connectivity index (χ0n) is 14.1. The van der Waals surface area contributed by atoms with E-state index in [2.05, 4.69) is 5.32 Å². The third kappa shape index (κ3) is 3.21. The van der Waals surface area contributed by atoms with Gasteiger partial charge in [-0.2, -0.15) is 0 Å². The Morgan fingerprint density at radius 1 is 1.00 bits per heavy atom. The number of urea groups is 1. The average molecular weight is 334 g/mol. The third-order valence-corrected chi connectivity index (χ3v) is 4.19. The molecule has 1 N–H and O–H groups in total. The minimum absolute atomic E-state index is 0.0616. The van der Waals surface area contributed by atoms with E-state index in [1.807, 2.05) is 50.2 Å². The molecule has 0 aromatic heterocycles. The molecule has 2 aromatic rings. The molecule has 5 heteroatoms. The van der Waals surface area contributed by atoms with Gasteiger partial charge in [0.1, 0.15) is 5.57 Å². The van der Waals surface area contributed by atoms with Crippen molar-refractivity contribution in [3.05, 3.63) is 70.8 Å². The topological polar surface area (TPSA) is 66.5 Å². The van der Waals surface area contributed by atoms with Crippen molar-refractivity contribution >= 4 is 29.6 Å². The first-order valence-corrected chi connectivity index (χ1v) is 8.07. The Hall–Kier alpha value is -3.21. The molecule has 126 valence electrons. The van der Waals surface area contributed by atoms with Gasteiger partial charge in [0.15, 0.2) is 0 Å². The van der Waals surface area contributed by atoms with Crippen LogP contribution in [0.25, 0.3) is 6.08 Å². The lowest BCUT2D eigenvalue weighted by Gasteiger charge is -2.26. The van der Waals surface area contributed by atoms with E-state index < -0.39 is 17.8 Å². The molecule has 0 radical (unpaired) electrons. The lowest BCUT2D eigenvalue weighted by atomic mass is 10.0. The van der Waals surface area contributed by atoms with Crippen LogP contribution >= 0.6 is 0 Å². The van der Waals surface area contributed by atoms with E-state index in [-0.39, 0.29) is 5.57 Å². The number of carbonyl (C=O) groups excluding carboxylic acids is 3. The minimum Gasteiger partial charge on any atom is -0.273 e. The third-order valence-electron chi connectivity index (χ3n) is 4.19. The lowest BCUT2D eigenvalue weighted by molar-refractivity contribution is -0.122. The molecule has 1 aliphatic heterocycles. The Morgan fingerprint density at radius 3 is 2.32 bits per heavy atom. The second kappa shape index (κ2) is 6.73. The van der Waals surface area contributed by atoms with Gasteiger partial charge in [0.2, 0.25) is 0 Å². The number of benzene rings is 2. The molecule has 25 heavy (non-hydrogen) atoms. The van der Waals surface area contributed by atoms with Gasteiger partial charge in [0, 0.05) is 0 Å². The van der Waals surface area contributed by atoms with E-state index in [0.29, 0.717) is 5.69 Å².